The number of hydrogen-bond acceptors (Lipinski definition) is 3. The van der Waals surface area contributed by atoms with Crippen molar-refractivity contribution in [2.75, 3.05) is 16.8 Å². The van der Waals surface area contributed by atoms with E-state index in [9.17, 15) is 26.7 Å². The van der Waals surface area contributed by atoms with E-state index in [0.717, 1.165) is 11.6 Å². The third-order valence-electron chi connectivity index (χ3n) is 6.65. The molecule has 11 heteroatoms. The van der Waals surface area contributed by atoms with Crippen molar-refractivity contribution >= 4 is 45.6 Å². The first-order valence-electron chi connectivity index (χ1n) is 11.2. The summed E-state index contributed by atoms with van der Waals surface area (Å²) in [5.74, 6) is -1.62. The van der Waals surface area contributed by atoms with E-state index in [4.69, 9.17) is 11.6 Å². The molecule has 1 aromatic heterocycles. The van der Waals surface area contributed by atoms with Gasteiger partial charge in [-0.05, 0) is 59.8 Å². The Labute approximate surface area is 211 Å². The van der Waals surface area contributed by atoms with Crippen molar-refractivity contribution in [1.29, 1.82) is 0 Å². The van der Waals surface area contributed by atoms with Crippen LogP contribution in [-0.4, -0.2) is 17.6 Å². The predicted octanol–water partition coefficient (Wildman–Crippen LogP) is 7.10. The first kappa shape index (κ1) is 23.5. The van der Waals surface area contributed by atoms with E-state index < -0.39 is 29.4 Å². The molecule has 2 amide bonds. The highest BCUT2D eigenvalue weighted by atomic mass is 35.5. The van der Waals surface area contributed by atoms with Crippen LogP contribution < -0.4 is 15.5 Å². The van der Waals surface area contributed by atoms with E-state index in [1.165, 1.54) is 30.5 Å². The lowest BCUT2D eigenvalue weighted by Gasteiger charge is -2.35. The van der Waals surface area contributed by atoms with Gasteiger partial charge in [-0.25, -0.2) is 18.6 Å². The van der Waals surface area contributed by atoms with Crippen molar-refractivity contribution in [3.05, 3.63) is 93.6 Å². The number of benzene rings is 3. The molecule has 2 aliphatic heterocycles. The maximum atomic E-state index is 14.3. The summed E-state index contributed by atoms with van der Waals surface area (Å²) in [4.78, 5) is 18.6. The number of alkyl halides is 3. The fourth-order valence-electron chi connectivity index (χ4n) is 5.08. The first-order valence-corrected chi connectivity index (χ1v) is 11.6. The van der Waals surface area contributed by atoms with Crippen molar-refractivity contribution in [3.8, 4) is 0 Å². The Balaban J connectivity index is 1.55. The fraction of sp³-hybridized carbons (Fsp3) is 0.154. The first-order chi connectivity index (χ1) is 17.6. The molecule has 188 valence electrons. The van der Waals surface area contributed by atoms with Crippen molar-refractivity contribution in [3.63, 3.8) is 0 Å². The molecule has 2 aliphatic rings. The van der Waals surface area contributed by atoms with E-state index >= 15 is 0 Å². The summed E-state index contributed by atoms with van der Waals surface area (Å²) in [6.07, 6.45) is -2.99. The van der Waals surface area contributed by atoms with Gasteiger partial charge in [0.25, 0.3) is 0 Å². The van der Waals surface area contributed by atoms with Crippen LogP contribution in [-0.2, 0) is 12.6 Å². The summed E-state index contributed by atoms with van der Waals surface area (Å²) in [6, 6.07) is 8.67. The van der Waals surface area contributed by atoms with Crippen molar-refractivity contribution in [2.45, 2.75) is 18.6 Å². The number of carbonyl (C=O) groups is 1. The summed E-state index contributed by atoms with van der Waals surface area (Å²) < 4.78 is 69.4. The Hall–Kier alpha value is -3.92. The Morgan fingerprint density at radius 3 is 2.62 bits per heavy atom. The number of hydrogen-bond donors (Lipinski definition) is 2. The van der Waals surface area contributed by atoms with Gasteiger partial charge < -0.3 is 10.6 Å². The summed E-state index contributed by atoms with van der Waals surface area (Å²) in [5.41, 5.74) is 1.63. The molecular formula is C26H16ClF5N4O. The molecule has 0 radical (unpaired) electrons. The molecule has 1 unspecified atom stereocenters. The molecule has 0 saturated heterocycles. The second-order valence-corrected chi connectivity index (χ2v) is 9.22. The number of urea groups is 1. The number of pyridine rings is 1. The molecule has 1 atom stereocenters. The smallest absolute Gasteiger partial charge is 0.339 e. The van der Waals surface area contributed by atoms with Crippen LogP contribution in [0.4, 0.5) is 43.9 Å². The summed E-state index contributed by atoms with van der Waals surface area (Å²) in [6.45, 7) is 0.424. The number of aromatic nitrogens is 1. The lowest BCUT2D eigenvalue weighted by Crippen LogP contribution is -2.46. The van der Waals surface area contributed by atoms with E-state index in [0.29, 0.717) is 41.5 Å². The zero-order valence-electron chi connectivity index (χ0n) is 18.8. The molecular weight excluding hydrogens is 515 g/mol. The Morgan fingerprint density at radius 1 is 1.03 bits per heavy atom. The van der Waals surface area contributed by atoms with Gasteiger partial charge in [-0.1, -0.05) is 17.7 Å². The van der Waals surface area contributed by atoms with Gasteiger partial charge >= 0.3 is 12.2 Å². The number of nitrogens with one attached hydrogen (secondary N) is 2. The maximum absolute atomic E-state index is 14.3. The summed E-state index contributed by atoms with van der Waals surface area (Å²) in [7, 11) is 0. The Morgan fingerprint density at radius 2 is 1.84 bits per heavy atom. The molecule has 2 N–H and O–H groups in total. The SMILES string of the molecule is O=C1NC(c2cc(F)ccc2Cl)c2c(Nc3nccc4c(C(F)(F)F)cc(F)cc34)ccc3c2N1CC3. The Bertz CT molecular complexity index is 1610. The van der Waals surface area contributed by atoms with Crippen LogP contribution in [0.1, 0.15) is 28.3 Å². The van der Waals surface area contributed by atoms with Crippen LogP contribution >= 0.6 is 11.6 Å². The van der Waals surface area contributed by atoms with Gasteiger partial charge in [0.2, 0.25) is 0 Å². The van der Waals surface area contributed by atoms with Crippen LogP contribution in [0.2, 0.25) is 5.02 Å². The molecule has 0 aliphatic carbocycles. The molecule has 0 bridgehead atoms. The van der Waals surface area contributed by atoms with Crippen LogP contribution in [0.15, 0.2) is 54.7 Å². The molecule has 37 heavy (non-hydrogen) atoms. The topological polar surface area (TPSA) is 57.3 Å². The minimum Gasteiger partial charge on any atom is -0.339 e. The molecule has 0 saturated carbocycles. The minimum absolute atomic E-state index is 0.00997. The zero-order valence-corrected chi connectivity index (χ0v) is 19.5. The van der Waals surface area contributed by atoms with E-state index in [1.54, 1.807) is 17.0 Å². The average molecular weight is 531 g/mol. The Kier molecular flexibility index (Phi) is 5.27. The summed E-state index contributed by atoms with van der Waals surface area (Å²) >= 11 is 6.39. The predicted molar refractivity (Wildman–Crippen MR) is 129 cm³/mol. The quantitative estimate of drug-likeness (QED) is 0.278. The second-order valence-electron chi connectivity index (χ2n) is 8.82. The maximum Gasteiger partial charge on any atom is 0.417 e. The van der Waals surface area contributed by atoms with Gasteiger partial charge in [-0.2, -0.15) is 13.2 Å². The number of nitrogens with zero attached hydrogens (tertiary/aromatic N) is 2. The van der Waals surface area contributed by atoms with Crippen molar-refractivity contribution < 1.29 is 26.7 Å². The van der Waals surface area contributed by atoms with Gasteiger partial charge in [0, 0.05) is 40.0 Å². The third-order valence-corrected chi connectivity index (χ3v) is 6.99. The van der Waals surface area contributed by atoms with Gasteiger partial charge in [0.05, 0.1) is 17.3 Å². The van der Waals surface area contributed by atoms with Gasteiger partial charge in [0.15, 0.2) is 0 Å². The molecule has 6 rings (SSSR count). The monoisotopic (exact) mass is 530 g/mol. The van der Waals surface area contributed by atoms with Crippen molar-refractivity contribution in [2.24, 2.45) is 0 Å². The van der Waals surface area contributed by atoms with Crippen molar-refractivity contribution in [1.82, 2.24) is 10.3 Å². The van der Waals surface area contributed by atoms with E-state index in [2.05, 4.69) is 15.6 Å². The van der Waals surface area contributed by atoms with Crippen LogP contribution in [0.3, 0.4) is 0 Å². The number of fused-ring (bicyclic) bond motifs is 1. The minimum atomic E-state index is -4.78. The highest BCUT2D eigenvalue weighted by molar-refractivity contribution is 6.31. The largest absolute Gasteiger partial charge is 0.417 e. The van der Waals surface area contributed by atoms with Crippen LogP contribution in [0.25, 0.3) is 10.8 Å². The van der Waals surface area contributed by atoms with E-state index in [-0.39, 0.29) is 27.6 Å². The lowest BCUT2D eigenvalue weighted by molar-refractivity contribution is -0.136. The van der Waals surface area contributed by atoms with E-state index in [1.807, 2.05) is 0 Å². The number of amides is 2. The zero-order chi connectivity index (χ0) is 26.1. The molecule has 5 nitrogen and oxygen atoms in total. The van der Waals surface area contributed by atoms with Gasteiger partial charge in [-0.15, -0.1) is 0 Å². The lowest BCUT2D eigenvalue weighted by atomic mass is 9.91. The molecule has 3 heterocycles. The number of anilines is 3. The number of halogens is 6. The second kappa shape index (κ2) is 8.31. The van der Waals surface area contributed by atoms with Crippen LogP contribution in [0, 0.1) is 11.6 Å². The normalized spacial score (nSPS) is 16.6. The average Bonchev–Trinajstić information content (AvgIpc) is 3.28. The molecule has 0 spiro atoms. The molecule has 0 fully saturated rings. The van der Waals surface area contributed by atoms with Gasteiger partial charge in [-0.3, -0.25) is 4.90 Å². The molecule has 3 aromatic carbocycles. The number of carbonyl (C=O) groups excluding carboxylic acids is 1. The highest BCUT2D eigenvalue weighted by Crippen LogP contribution is 2.47. The van der Waals surface area contributed by atoms with Gasteiger partial charge in [0.1, 0.15) is 17.5 Å². The summed E-state index contributed by atoms with van der Waals surface area (Å²) in [5, 5.41) is 5.84. The standard InChI is InChI=1S/C26H16ClF5N4O/c27-19-3-2-13(28)9-17(19)22-21-20(4-1-12-6-8-36(23(12)21)25(37)35-22)34-24-16-10-14(29)11-18(26(30,31)32)15(16)5-7-33-24/h1-5,7,9-11,22H,6,8H2,(H,33,34)(H,35,37). The molecule has 4 aromatic rings. The highest BCUT2D eigenvalue weighted by Gasteiger charge is 2.39. The fourth-order valence-corrected chi connectivity index (χ4v) is 5.30. The number of rotatable bonds is 3. The third kappa shape index (κ3) is 3.83. The van der Waals surface area contributed by atoms with Crippen LogP contribution in [0.5, 0.6) is 0 Å².